The molecular formula is C18H16ClN3O3S. The largest absolute Gasteiger partial charge is 0.395 e. The zero-order valence-corrected chi connectivity index (χ0v) is 15.5. The first kappa shape index (κ1) is 18.3. The van der Waals surface area contributed by atoms with Gasteiger partial charge in [0.15, 0.2) is 0 Å². The SMILES string of the molecule is Cc1cc(-n2nc(-c3ccc(Cl)cc3)cc(C(=O)NCCO)c2=O)cs1. The van der Waals surface area contributed by atoms with Gasteiger partial charge in [-0.3, -0.25) is 9.59 Å². The number of carbonyl (C=O) groups excluding carboxylic acids is 1. The maximum absolute atomic E-state index is 12.8. The molecule has 3 rings (SSSR count). The lowest BCUT2D eigenvalue weighted by atomic mass is 10.1. The van der Waals surface area contributed by atoms with E-state index in [4.69, 9.17) is 16.7 Å². The Balaban J connectivity index is 2.17. The molecule has 1 aromatic carbocycles. The third-order valence-electron chi connectivity index (χ3n) is 3.65. The molecule has 2 aromatic heterocycles. The molecular weight excluding hydrogens is 374 g/mol. The van der Waals surface area contributed by atoms with Gasteiger partial charge in [-0.25, -0.2) is 0 Å². The number of aryl methyl sites for hydroxylation is 1. The van der Waals surface area contributed by atoms with Gasteiger partial charge in [0.1, 0.15) is 5.56 Å². The van der Waals surface area contributed by atoms with E-state index in [1.807, 2.05) is 18.4 Å². The molecule has 6 nitrogen and oxygen atoms in total. The molecule has 2 N–H and O–H groups in total. The van der Waals surface area contributed by atoms with Gasteiger partial charge in [-0.15, -0.1) is 11.3 Å². The van der Waals surface area contributed by atoms with Crippen molar-refractivity contribution in [2.45, 2.75) is 6.92 Å². The highest BCUT2D eigenvalue weighted by Gasteiger charge is 2.17. The van der Waals surface area contributed by atoms with Gasteiger partial charge in [0.05, 0.1) is 18.0 Å². The Labute approximate surface area is 158 Å². The molecule has 0 aliphatic rings. The van der Waals surface area contributed by atoms with Crippen LogP contribution >= 0.6 is 22.9 Å². The molecule has 0 unspecified atom stereocenters. The van der Waals surface area contributed by atoms with E-state index >= 15 is 0 Å². The normalized spacial score (nSPS) is 10.7. The maximum Gasteiger partial charge on any atom is 0.284 e. The van der Waals surface area contributed by atoms with Gasteiger partial charge in [0.25, 0.3) is 11.5 Å². The summed E-state index contributed by atoms with van der Waals surface area (Å²) in [6.07, 6.45) is 0. The van der Waals surface area contributed by atoms with Crippen molar-refractivity contribution in [2.24, 2.45) is 0 Å². The Bertz CT molecular complexity index is 996. The predicted molar refractivity (Wildman–Crippen MR) is 102 cm³/mol. The molecule has 0 atom stereocenters. The molecule has 1 amide bonds. The number of aliphatic hydroxyl groups is 1. The van der Waals surface area contributed by atoms with E-state index < -0.39 is 11.5 Å². The minimum atomic E-state index is -0.553. The Morgan fingerprint density at radius 1 is 1.31 bits per heavy atom. The van der Waals surface area contributed by atoms with E-state index in [2.05, 4.69) is 10.4 Å². The van der Waals surface area contributed by atoms with E-state index in [0.717, 1.165) is 10.4 Å². The molecule has 2 heterocycles. The first-order chi connectivity index (χ1) is 12.5. The number of carbonyl (C=O) groups is 1. The third-order valence-corrected chi connectivity index (χ3v) is 4.76. The van der Waals surface area contributed by atoms with Crippen LogP contribution in [0.2, 0.25) is 5.02 Å². The monoisotopic (exact) mass is 389 g/mol. The smallest absolute Gasteiger partial charge is 0.284 e. The highest BCUT2D eigenvalue weighted by Crippen LogP contribution is 2.21. The van der Waals surface area contributed by atoms with Crippen molar-refractivity contribution >= 4 is 28.8 Å². The molecule has 3 aromatic rings. The lowest BCUT2D eigenvalue weighted by Gasteiger charge is -2.10. The van der Waals surface area contributed by atoms with Crippen LogP contribution in [-0.4, -0.2) is 33.9 Å². The Morgan fingerprint density at radius 3 is 2.65 bits per heavy atom. The predicted octanol–water partition coefficient (Wildman–Crippen LogP) is 2.64. The number of hydrogen-bond acceptors (Lipinski definition) is 5. The summed E-state index contributed by atoms with van der Waals surface area (Å²) in [5.74, 6) is -0.553. The number of aromatic nitrogens is 2. The number of hydrogen-bond donors (Lipinski definition) is 2. The zero-order chi connectivity index (χ0) is 18.7. The van der Waals surface area contributed by atoms with Crippen molar-refractivity contribution in [1.29, 1.82) is 0 Å². The highest BCUT2D eigenvalue weighted by molar-refractivity contribution is 7.10. The van der Waals surface area contributed by atoms with Gasteiger partial charge in [0, 0.05) is 27.4 Å². The minimum Gasteiger partial charge on any atom is -0.395 e. The standard InChI is InChI=1S/C18H16ClN3O3S/c1-11-8-14(10-26-11)22-18(25)15(17(24)20-6-7-23)9-16(21-22)12-2-4-13(19)5-3-12/h2-5,8-10,23H,6-7H2,1H3,(H,20,24). The van der Waals surface area contributed by atoms with Crippen LogP contribution in [0.15, 0.2) is 46.6 Å². The topological polar surface area (TPSA) is 84.2 Å². The van der Waals surface area contributed by atoms with Crippen LogP contribution in [0, 0.1) is 6.92 Å². The summed E-state index contributed by atoms with van der Waals surface area (Å²) in [5.41, 5.74) is 1.24. The summed E-state index contributed by atoms with van der Waals surface area (Å²) < 4.78 is 1.22. The first-order valence-electron chi connectivity index (χ1n) is 7.84. The molecule has 26 heavy (non-hydrogen) atoms. The van der Waals surface area contributed by atoms with Crippen LogP contribution in [0.25, 0.3) is 16.9 Å². The van der Waals surface area contributed by atoms with E-state index in [9.17, 15) is 9.59 Å². The van der Waals surface area contributed by atoms with Gasteiger partial charge in [-0.2, -0.15) is 9.78 Å². The molecule has 134 valence electrons. The fourth-order valence-corrected chi connectivity index (χ4v) is 3.19. The minimum absolute atomic E-state index is 0.0396. The number of nitrogens with one attached hydrogen (secondary N) is 1. The number of rotatable bonds is 5. The molecule has 0 saturated carbocycles. The van der Waals surface area contributed by atoms with Crippen molar-refractivity contribution in [3.8, 4) is 16.9 Å². The van der Waals surface area contributed by atoms with Crippen LogP contribution in [0.1, 0.15) is 15.2 Å². The van der Waals surface area contributed by atoms with E-state index in [-0.39, 0.29) is 18.7 Å². The number of amides is 1. The second-order valence-electron chi connectivity index (χ2n) is 5.56. The number of benzene rings is 1. The van der Waals surface area contributed by atoms with Gasteiger partial charge >= 0.3 is 0 Å². The lowest BCUT2D eigenvalue weighted by molar-refractivity contribution is 0.0942. The third kappa shape index (κ3) is 3.85. The van der Waals surface area contributed by atoms with Gasteiger partial charge < -0.3 is 10.4 Å². The van der Waals surface area contributed by atoms with Crippen LogP contribution < -0.4 is 10.9 Å². The molecule has 0 radical (unpaired) electrons. The molecule has 0 spiro atoms. The summed E-state index contributed by atoms with van der Waals surface area (Å²) in [6, 6.07) is 10.3. The summed E-state index contributed by atoms with van der Waals surface area (Å²) in [6.45, 7) is 1.78. The van der Waals surface area contributed by atoms with Gasteiger partial charge in [-0.1, -0.05) is 23.7 Å². The average molecular weight is 390 g/mol. The Kier molecular flexibility index (Phi) is 5.51. The molecule has 0 saturated heterocycles. The second kappa shape index (κ2) is 7.82. The highest BCUT2D eigenvalue weighted by atomic mass is 35.5. The van der Waals surface area contributed by atoms with Crippen LogP contribution in [0.3, 0.4) is 0 Å². The number of nitrogens with zero attached hydrogens (tertiary/aromatic N) is 2. The van der Waals surface area contributed by atoms with Crippen molar-refractivity contribution < 1.29 is 9.90 Å². The second-order valence-corrected chi connectivity index (χ2v) is 7.11. The molecule has 8 heteroatoms. The zero-order valence-electron chi connectivity index (χ0n) is 13.9. The van der Waals surface area contributed by atoms with Gasteiger partial charge in [0.2, 0.25) is 0 Å². The van der Waals surface area contributed by atoms with E-state index in [1.54, 1.807) is 24.3 Å². The average Bonchev–Trinajstić information content (AvgIpc) is 3.06. The lowest BCUT2D eigenvalue weighted by Crippen LogP contribution is -2.35. The van der Waals surface area contributed by atoms with Crippen molar-refractivity contribution in [3.63, 3.8) is 0 Å². The van der Waals surface area contributed by atoms with Crippen molar-refractivity contribution in [3.05, 3.63) is 67.6 Å². The summed E-state index contributed by atoms with van der Waals surface area (Å²) in [4.78, 5) is 26.2. The molecule has 0 aliphatic heterocycles. The molecule has 0 bridgehead atoms. The Hall–Kier alpha value is -2.48. The fraction of sp³-hybridized carbons (Fsp3) is 0.167. The van der Waals surface area contributed by atoms with Crippen molar-refractivity contribution in [1.82, 2.24) is 15.1 Å². The fourth-order valence-electron chi connectivity index (χ4n) is 2.40. The molecule has 0 fully saturated rings. The van der Waals surface area contributed by atoms with Crippen molar-refractivity contribution in [2.75, 3.05) is 13.2 Å². The summed E-state index contributed by atoms with van der Waals surface area (Å²) in [7, 11) is 0. The van der Waals surface area contributed by atoms with Gasteiger partial charge in [-0.05, 0) is 31.2 Å². The van der Waals surface area contributed by atoms with E-state index in [1.165, 1.54) is 22.1 Å². The number of aliphatic hydroxyl groups excluding tert-OH is 1. The summed E-state index contributed by atoms with van der Waals surface area (Å²) in [5, 5.41) is 18.2. The van der Waals surface area contributed by atoms with Crippen LogP contribution in [0.4, 0.5) is 0 Å². The quantitative estimate of drug-likeness (QED) is 0.702. The van der Waals surface area contributed by atoms with E-state index in [0.29, 0.717) is 16.4 Å². The first-order valence-corrected chi connectivity index (χ1v) is 9.10. The van der Waals surface area contributed by atoms with Crippen LogP contribution in [-0.2, 0) is 0 Å². The van der Waals surface area contributed by atoms with Crippen LogP contribution in [0.5, 0.6) is 0 Å². The Morgan fingerprint density at radius 2 is 2.04 bits per heavy atom. The number of halogens is 1. The summed E-state index contributed by atoms with van der Waals surface area (Å²) >= 11 is 7.42. The molecule has 0 aliphatic carbocycles. The number of thiophene rings is 1. The maximum atomic E-state index is 12.8.